The molecule has 2 heterocycles. The second kappa shape index (κ2) is 9.67. The second-order valence-electron chi connectivity index (χ2n) is 10.2. The highest BCUT2D eigenvalue weighted by atomic mass is 32.2. The van der Waals surface area contributed by atoms with Crippen molar-refractivity contribution in [2.45, 2.75) is 37.7 Å². The molecule has 2 aliphatic rings. The summed E-state index contributed by atoms with van der Waals surface area (Å²) in [5.74, 6) is -1.72. The Morgan fingerprint density at radius 1 is 0.919 bits per heavy atom. The van der Waals surface area contributed by atoms with Crippen LogP contribution in [0.3, 0.4) is 0 Å². The Morgan fingerprint density at radius 3 is 2.22 bits per heavy atom. The third kappa shape index (κ3) is 4.85. The molecule has 2 unspecified atom stereocenters. The van der Waals surface area contributed by atoms with E-state index in [9.17, 15) is 19.2 Å². The largest absolute Gasteiger partial charge is 0.459 e. The van der Waals surface area contributed by atoms with Gasteiger partial charge in [-0.1, -0.05) is 54.6 Å². The Hall–Kier alpha value is -3.65. The molecule has 190 valence electrons. The van der Waals surface area contributed by atoms with Crippen LogP contribution in [0.25, 0.3) is 10.8 Å². The Labute approximate surface area is 219 Å². The molecule has 0 aliphatic carbocycles. The van der Waals surface area contributed by atoms with E-state index in [2.05, 4.69) is 0 Å². The number of hydrogen-bond donors (Lipinski definition) is 0. The van der Waals surface area contributed by atoms with E-state index in [0.29, 0.717) is 11.1 Å². The van der Waals surface area contributed by atoms with Crippen molar-refractivity contribution in [3.8, 4) is 0 Å². The molecule has 0 bridgehead atoms. The van der Waals surface area contributed by atoms with E-state index in [1.165, 1.54) is 16.7 Å². The minimum atomic E-state index is -1.03. The molecule has 37 heavy (non-hydrogen) atoms. The number of carbonyl (C=O) groups excluding carboxylic acids is 4. The second-order valence-corrected chi connectivity index (χ2v) is 11.5. The topological polar surface area (TPSA) is 84.0 Å². The van der Waals surface area contributed by atoms with Crippen LogP contribution >= 0.6 is 11.8 Å². The fourth-order valence-electron chi connectivity index (χ4n) is 4.90. The van der Waals surface area contributed by atoms with E-state index in [1.807, 2.05) is 42.5 Å². The summed E-state index contributed by atoms with van der Waals surface area (Å²) >= 11 is 1.52. The number of ether oxygens (including phenoxy) is 1. The number of benzene rings is 3. The number of esters is 1. The molecule has 3 amide bonds. The summed E-state index contributed by atoms with van der Waals surface area (Å²) in [5, 5.41) is 1.97. The minimum Gasteiger partial charge on any atom is -0.459 e. The lowest BCUT2D eigenvalue weighted by Crippen LogP contribution is -2.52. The number of thioether (sulfide) groups is 1. The Bertz CT molecular complexity index is 1370. The molecule has 0 aromatic heterocycles. The van der Waals surface area contributed by atoms with Crippen molar-refractivity contribution in [2.24, 2.45) is 0 Å². The number of imide groups is 1. The van der Waals surface area contributed by atoms with E-state index in [1.54, 1.807) is 45.0 Å². The van der Waals surface area contributed by atoms with Gasteiger partial charge in [0.25, 0.3) is 11.8 Å². The van der Waals surface area contributed by atoms with Gasteiger partial charge in [-0.05, 0) is 49.2 Å². The van der Waals surface area contributed by atoms with Crippen molar-refractivity contribution >= 4 is 46.2 Å². The maximum absolute atomic E-state index is 13.9. The molecule has 7 nitrogen and oxygen atoms in total. The molecule has 2 atom stereocenters. The van der Waals surface area contributed by atoms with Crippen LogP contribution in [0, 0.1) is 0 Å². The summed E-state index contributed by atoms with van der Waals surface area (Å²) < 4.78 is 5.51. The molecule has 0 N–H and O–H groups in total. The molecular formula is C29H28N2O5S. The fraction of sp³-hybridized carbons (Fsp3) is 0.310. The smallest absolute Gasteiger partial charge is 0.326 e. The maximum Gasteiger partial charge on any atom is 0.326 e. The lowest BCUT2D eigenvalue weighted by Gasteiger charge is -2.29. The summed E-state index contributed by atoms with van der Waals surface area (Å²) in [7, 11) is 0. The van der Waals surface area contributed by atoms with E-state index in [-0.39, 0.29) is 24.1 Å². The van der Waals surface area contributed by atoms with Crippen LogP contribution in [-0.2, 0) is 14.3 Å². The Balaban J connectivity index is 1.51. The van der Waals surface area contributed by atoms with Crippen molar-refractivity contribution in [1.82, 2.24) is 9.80 Å². The van der Waals surface area contributed by atoms with Crippen LogP contribution in [0.2, 0.25) is 0 Å². The molecule has 0 saturated carbocycles. The molecule has 2 aliphatic heterocycles. The number of fused-ring (bicyclic) bond motifs is 2. The van der Waals surface area contributed by atoms with Crippen molar-refractivity contribution in [3.63, 3.8) is 0 Å². The number of carbonyl (C=O) groups is 4. The zero-order valence-corrected chi connectivity index (χ0v) is 21.8. The molecule has 3 aromatic rings. The van der Waals surface area contributed by atoms with Gasteiger partial charge in [0.05, 0.1) is 11.1 Å². The third-order valence-electron chi connectivity index (χ3n) is 6.49. The summed E-state index contributed by atoms with van der Waals surface area (Å²) in [6, 6.07) is 19.6. The first-order valence-corrected chi connectivity index (χ1v) is 13.3. The quantitative estimate of drug-likeness (QED) is 0.376. The van der Waals surface area contributed by atoms with Gasteiger partial charge in [0.1, 0.15) is 18.2 Å². The van der Waals surface area contributed by atoms with Crippen molar-refractivity contribution in [2.75, 3.05) is 18.8 Å². The van der Waals surface area contributed by atoms with E-state index < -0.39 is 35.3 Å². The number of hydrogen-bond acceptors (Lipinski definition) is 6. The van der Waals surface area contributed by atoms with Crippen molar-refractivity contribution in [1.29, 1.82) is 0 Å². The van der Waals surface area contributed by atoms with Gasteiger partial charge in [-0.25, -0.2) is 0 Å². The van der Waals surface area contributed by atoms with Gasteiger partial charge in [-0.15, -0.1) is 11.8 Å². The summed E-state index contributed by atoms with van der Waals surface area (Å²) in [6.45, 7) is 5.29. The van der Waals surface area contributed by atoms with Crippen molar-refractivity contribution < 1.29 is 23.9 Å². The Morgan fingerprint density at radius 2 is 1.54 bits per heavy atom. The predicted octanol–water partition coefficient (Wildman–Crippen LogP) is 4.46. The zero-order chi connectivity index (χ0) is 26.3. The first-order valence-electron chi connectivity index (χ1n) is 12.2. The first-order chi connectivity index (χ1) is 17.6. The molecule has 0 radical (unpaired) electrons. The van der Waals surface area contributed by atoms with Gasteiger partial charge in [-0.3, -0.25) is 24.1 Å². The van der Waals surface area contributed by atoms with Crippen LogP contribution in [0.15, 0.2) is 66.7 Å². The predicted molar refractivity (Wildman–Crippen MR) is 142 cm³/mol. The summed E-state index contributed by atoms with van der Waals surface area (Å²) in [5.41, 5.74) is 0.906. The normalized spacial score (nSPS) is 20.2. The first kappa shape index (κ1) is 25.0. The van der Waals surface area contributed by atoms with E-state index in [0.717, 1.165) is 21.2 Å². The highest BCUT2D eigenvalue weighted by Crippen LogP contribution is 2.39. The highest BCUT2D eigenvalue weighted by Gasteiger charge is 2.46. The standard InChI is InChI=1S/C29H28N2O5S/c1-29(2,3)36-25(32)16-30-15-24(20-14-8-10-18-9-4-5-11-19(18)20)37-17-23(28(30)35)31-26(33)21-12-6-7-13-22(21)27(31)34/h4-14,23-24H,15-17H2,1-3H3. The van der Waals surface area contributed by atoms with Gasteiger partial charge in [-0.2, -0.15) is 0 Å². The van der Waals surface area contributed by atoms with E-state index in [4.69, 9.17) is 4.74 Å². The zero-order valence-electron chi connectivity index (χ0n) is 21.0. The monoisotopic (exact) mass is 516 g/mol. The molecule has 8 heteroatoms. The van der Waals surface area contributed by atoms with Crippen LogP contribution in [0.5, 0.6) is 0 Å². The average molecular weight is 517 g/mol. The minimum absolute atomic E-state index is 0.169. The highest BCUT2D eigenvalue weighted by molar-refractivity contribution is 7.99. The number of amides is 3. The number of nitrogens with zero attached hydrogens (tertiary/aromatic N) is 2. The van der Waals surface area contributed by atoms with Gasteiger partial charge in [0, 0.05) is 17.5 Å². The molecule has 0 spiro atoms. The third-order valence-corrected chi connectivity index (χ3v) is 7.80. The molecule has 1 saturated heterocycles. The van der Waals surface area contributed by atoms with E-state index >= 15 is 0 Å². The maximum atomic E-state index is 13.9. The van der Waals surface area contributed by atoms with Crippen LogP contribution in [0.1, 0.15) is 52.3 Å². The summed E-state index contributed by atoms with van der Waals surface area (Å²) in [4.78, 5) is 55.7. The fourth-order valence-corrected chi connectivity index (χ4v) is 6.28. The average Bonchev–Trinajstić information content (AvgIpc) is 3.00. The van der Waals surface area contributed by atoms with Crippen LogP contribution in [0.4, 0.5) is 0 Å². The SMILES string of the molecule is CC(C)(C)OC(=O)CN1CC(c2cccc3ccccc23)SCC(N2C(=O)c3ccccc3C2=O)C1=O. The molecule has 1 fully saturated rings. The van der Waals surface area contributed by atoms with Gasteiger partial charge >= 0.3 is 5.97 Å². The van der Waals surface area contributed by atoms with Crippen LogP contribution in [-0.4, -0.2) is 64.0 Å². The molecular weight excluding hydrogens is 488 g/mol. The Kier molecular flexibility index (Phi) is 6.54. The van der Waals surface area contributed by atoms with Gasteiger partial charge in [0.2, 0.25) is 5.91 Å². The lowest BCUT2D eigenvalue weighted by molar-refractivity contribution is -0.159. The molecule has 5 rings (SSSR count). The van der Waals surface area contributed by atoms with Crippen molar-refractivity contribution in [3.05, 3.63) is 83.4 Å². The van der Waals surface area contributed by atoms with Gasteiger partial charge in [0.15, 0.2) is 0 Å². The molecule has 3 aromatic carbocycles. The summed E-state index contributed by atoms with van der Waals surface area (Å²) in [6.07, 6.45) is 0. The van der Waals surface area contributed by atoms with Gasteiger partial charge < -0.3 is 9.64 Å². The van der Waals surface area contributed by atoms with Crippen LogP contribution < -0.4 is 0 Å². The lowest BCUT2D eigenvalue weighted by atomic mass is 10.0. The number of rotatable bonds is 4.